The molecule has 0 aromatic carbocycles. The number of hydrogen-bond donors (Lipinski definition) is 2. The summed E-state index contributed by atoms with van der Waals surface area (Å²) < 4.78 is 1.77. The van der Waals surface area contributed by atoms with Gasteiger partial charge in [-0.2, -0.15) is 0 Å². The Morgan fingerprint density at radius 3 is 3.00 bits per heavy atom. The van der Waals surface area contributed by atoms with Crippen LogP contribution in [0.2, 0.25) is 0 Å². The van der Waals surface area contributed by atoms with E-state index < -0.39 is 5.97 Å². The molecule has 1 aromatic rings. The number of aryl methyl sites for hydroxylation is 1. The smallest absolute Gasteiger partial charge is 0.308 e. The van der Waals surface area contributed by atoms with E-state index >= 15 is 0 Å². The summed E-state index contributed by atoms with van der Waals surface area (Å²) in [6.45, 7) is 1.64. The minimum absolute atomic E-state index is 0.160. The van der Waals surface area contributed by atoms with Gasteiger partial charge in [-0.3, -0.25) is 9.48 Å². The molecule has 2 rings (SSSR count). The van der Waals surface area contributed by atoms with E-state index in [0.717, 1.165) is 32.4 Å². The maximum Gasteiger partial charge on any atom is 0.308 e. The third-order valence-electron chi connectivity index (χ3n) is 3.03. The van der Waals surface area contributed by atoms with Crippen LogP contribution in [0.15, 0.2) is 12.4 Å². The molecule has 1 aliphatic rings. The van der Waals surface area contributed by atoms with Gasteiger partial charge in [0.2, 0.25) is 0 Å². The van der Waals surface area contributed by atoms with Gasteiger partial charge in [0.25, 0.3) is 0 Å². The van der Waals surface area contributed by atoms with Gasteiger partial charge in [-0.25, -0.2) is 0 Å². The summed E-state index contributed by atoms with van der Waals surface area (Å²) in [5.74, 6) is -0.869. The molecule has 6 nitrogen and oxygen atoms in total. The van der Waals surface area contributed by atoms with Crippen LogP contribution in [0.5, 0.6) is 0 Å². The predicted octanol–water partition coefficient (Wildman–Crippen LogP) is 0.121. The van der Waals surface area contributed by atoms with Gasteiger partial charge in [0.05, 0.1) is 12.1 Å². The fourth-order valence-electron chi connectivity index (χ4n) is 1.92. The zero-order chi connectivity index (χ0) is 11.4. The normalized spacial score (nSPS) is 24.0. The topological polar surface area (TPSA) is 80.0 Å². The van der Waals surface area contributed by atoms with Crippen LogP contribution in [0.1, 0.15) is 19.3 Å². The van der Waals surface area contributed by atoms with Crippen molar-refractivity contribution < 1.29 is 9.90 Å². The molecular weight excluding hydrogens is 208 g/mol. The van der Waals surface area contributed by atoms with E-state index in [1.807, 2.05) is 6.20 Å². The van der Waals surface area contributed by atoms with Crippen molar-refractivity contribution >= 4 is 5.97 Å². The SMILES string of the molecule is O=C(O)C1CCC1NCCCn1ccnn1. The van der Waals surface area contributed by atoms with Crippen molar-refractivity contribution in [3.63, 3.8) is 0 Å². The molecule has 1 aromatic heterocycles. The molecule has 0 aliphatic heterocycles. The number of carboxylic acids is 1. The Morgan fingerprint density at radius 2 is 2.44 bits per heavy atom. The third-order valence-corrected chi connectivity index (χ3v) is 3.03. The maximum absolute atomic E-state index is 10.7. The lowest BCUT2D eigenvalue weighted by Crippen LogP contribution is -2.48. The number of aliphatic carboxylic acids is 1. The number of aromatic nitrogens is 3. The summed E-state index contributed by atoms with van der Waals surface area (Å²) >= 11 is 0. The Labute approximate surface area is 93.6 Å². The lowest BCUT2D eigenvalue weighted by atomic mass is 9.79. The van der Waals surface area contributed by atoms with Gasteiger partial charge in [0, 0.05) is 18.8 Å². The largest absolute Gasteiger partial charge is 0.481 e. The van der Waals surface area contributed by atoms with E-state index in [-0.39, 0.29) is 12.0 Å². The quantitative estimate of drug-likeness (QED) is 0.671. The molecule has 0 radical (unpaired) electrons. The zero-order valence-electron chi connectivity index (χ0n) is 9.04. The molecule has 2 N–H and O–H groups in total. The molecular formula is C10H16N4O2. The minimum Gasteiger partial charge on any atom is -0.481 e. The van der Waals surface area contributed by atoms with Gasteiger partial charge >= 0.3 is 5.97 Å². The molecule has 0 saturated heterocycles. The number of nitrogens with one attached hydrogen (secondary N) is 1. The highest BCUT2D eigenvalue weighted by molar-refractivity contribution is 5.72. The van der Waals surface area contributed by atoms with Gasteiger partial charge in [-0.15, -0.1) is 5.10 Å². The van der Waals surface area contributed by atoms with Crippen LogP contribution in [0.25, 0.3) is 0 Å². The highest BCUT2D eigenvalue weighted by Crippen LogP contribution is 2.27. The van der Waals surface area contributed by atoms with E-state index in [1.165, 1.54) is 0 Å². The van der Waals surface area contributed by atoms with Crippen molar-refractivity contribution in [1.29, 1.82) is 0 Å². The maximum atomic E-state index is 10.7. The first-order chi connectivity index (χ1) is 7.77. The third kappa shape index (κ3) is 2.57. The first-order valence-electron chi connectivity index (χ1n) is 5.57. The van der Waals surface area contributed by atoms with Crippen LogP contribution in [-0.4, -0.2) is 38.7 Å². The van der Waals surface area contributed by atoms with E-state index in [1.54, 1.807) is 10.9 Å². The molecule has 1 saturated carbocycles. The number of carboxylic acid groups (broad SMARTS) is 1. The summed E-state index contributed by atoms with van der Waals surface area (Å²) in [7, 11) is 0. The van der Waals surface area contributed by atoms with Gasteiger partial charge in [-0.1, -0.05) is 5.21 Å². The molecule has 1 fully saturated rings. The predicted molar refractivity (Wildman–Crippen MR) is 56.8 cm³/mol. The molecule has 0 spiro atoms. The highest BCUT2D eigenvalue weighted by Gasteiger charge is 2.35. The Morgan fingerprint density at radius 1 is 1.56 bits per heavy atom. The fourth-order valence-corrected chi connectivity index (χ4v) is 1.92. The summed E-state index contributed by atoms with van der Waals surface area (Å²) in [5, 5.41) is 19.7. The van der Waals surface area contributed by atoms with Crippen LogP contribution in [0.4, 0.5) is 0 Å². The molecule has 88 valence electrons. The monoisotopic (exact) mass is 224 g/mol. The first-order valence-corrected chi connectivity index (χ1v) is 5.57. The van der Waals surface area contributed by atoms with Gasteiger partial charge in [0.15, 0.2) is 0 Å². The Kier molecular flexibility index (Phi) is 3.51. The summed E-state index contributed by atoms with van der Waals surface area (Å²) in [6.07, 6.45) is 6.19. The van der Waals surface area contributed by atoms with Crippen molar-refractivity contribution in [2.24, 2.45) is 5.92 Å². The summed E-state index contributed by atoms with van der Waals surface area (Å²) in [4.78, 5) is 10.7. The second kappa shape index (κ2) is 5.07. The molecule has 2 atom stereocenters. The molecule has 6 heteroatoms. The highest BCUT2D eigenvalue weighted by atomic mass is 16.4. The summed E-state index contributed by atoms with van der Waals surface area (Å²) in [5.41, 5.74) is 0. The second-order valence-electron chi connectivity index (χ2n) is 4.10. The fraction of sp³-hybridized carbons (Fsp3) is 0.700. The number of carbonyl (C=O) groups is 1. The van der Waals surface area contributed by atoms with E-state index in [0.29, 0.717) is 0 Å². The van der Waals surface area contributed by atoms with Crippen molar-refractivity contribution in [2.45, 2.75) is 31.8 Å². The zero-order valence-corrected chi connectivity index (χ0v) is 9.04. The number of hydrogen-bond acceptors (Lipinski definition) is 4. The second-order valence-corrected chi connectivity index (χ2v) is 4.10. The van der Waals surface area contributed by atoms with Gasteiger partial charge < -0.3 is 10.4 Å². The molecule has 2 unspecified atom stereocenters. The standard InChI is InChI=1S/C10H16N4O2/c15-10(16)8-2-3-9(8)11-4-1-6-14-7-5-12-13-14/h5,7-9,11H,1-4,6H2,(H,15,16). The minimum atomic E-state index is -0.681. The molecule has 0 bridgehead atoms. The lowest BCUT2D eigenvalue weighted by molar-refractivity contribution is -0.146. The van der Waals surface area contributed by atoms with Crippen LogP contribution < -0.4 is 5.32 Å². The van der Waals surface area contributed by atoms with Crippen LogP contribution in [0.3, 0.4) is 0 Å². The van der Waals surface area contributed by atoms with E-state index in [9.17, 15) is 4.79 Å². The van der Waals surface area contributed by atoms with Crippen molar-refractivity contribution in [3.8, 4) is 0 Å². The van der Waals surface area contributed by atoms with Gasteiger partial charge in [-0.05, 0) is 25.8 Å². The van der Waals surface area contributed by atoms with Crippen LogP contribution in [-0.2, 0) is 11.3 Å². The van der Waals surface area contributed by atoms with Crippen molar-refractivity contribution in [1.82, 2.24) is 20.3 Å². The average Bonchev–Trinajstić information content (AvgIpc) is 2.67. The number of rotatable bonds is 6. The van der Waals surface area contributed by atoms with Crippen LogP contribution >= 0.6 is 0 Å². The molecule has 1 aliphatic carbocycles. The average molecular weight is 224 g/mol. The van der Waals surface area contributed by atoms with Crippen molar-refractivity contribution in [2.75, 3.05) is 6.54 Å². The molecule has 16 heavy (non-hydrogen) atoms. The Bertz CT molecular complexity index is 339. The van der Waals surface area contributed by atoms with Crippen molar-refractivity contribution in [3.05, 3.63) is 12.4 Å². The van der Waals surface area contributed by atoms with Gasteiger partial charge in [0.1, 0.15) is 0 Å². The molecule has 1 heterocycles. The lowest BCUT2D eigenvalue weighted by Gasteiger charge is -2.34. The summed E-state index contributed by atoms with van der Waals surface area (Å²) in [6, 6.07) is 0.160. The van der Waals surface area contributed by atoms with E-state index in [2.05, 4.69) is 15.6 Å². The van der Waals surface area contributed by atoms with E-state index in [4.69, 9.17) is 5.11 Å². The Hall–Kier alpha value is -1.43. The van der Waals surface area contributed by atoms with Crippen LogP contribution in [0, 0.1) is 5.92 Å². The number of nitrogens with zero attached hydrogens (tertiary/aromatic N) is 3. The molecule has 0 amide bonds. The Balaban J connectivity index is 1.60. The first kappa shape index (κ1) is 11.1.